The molecule has 1 fully saturated rings. The minimum atomic E-state index is -1.10. The van der Waals surface area contributed by atoms with Gasteiger partial charge in [0.15, 0.2) is 11.4 Å². The van der Waals surface area contributed by atoms with Gasteiger partial charge < -0.3 is 26.3 Å². The summed E-state index contributed by atoms with van der Waals surface area (Å²) in [6.45, 7) is 0.358. The van der Waals surface area contributed by atoms with E-state index in [1.54, 1.807) is 30.3 Å². The van der Waals surface area contributed by atoms with E-state index in [4.69, 9.17) is 15.9 Å². The molecule has 0 saturated heterocycles. The van der Waals surface area contributed by atoms with Crippen molar-refractivity contribution in [3.05, 3.63) is 66.4 Å². The van der Waals surface area contributed by atoms with E-state index in [1.807, 2.05) is 0 Å². The molecule has 5 rings (SSSR count). The zero-order valence-corrected chi connectivity index (χ0v) is 19.4. The molecule has 37 heavy (non-hydrogen) atoms. The molecule has 1 aliphatic carbocycles. The summed E-state index contributed by atoms with van der Waals surface area (Å²) in [5.74, 6) is -0.831. The molecule has 3 aromatic heterocycles. The van der Waals surface area contributed by atoms with Gasteiger partial charge in [-0.25, -0.2) is 19.4 Å². The molecule has 0 radical (unpaired) electrons. The molecule has 3 amide bonds. The Morgan fingerprint density at radius 3 is 2.62 bits per heavy atom. The summed E-state index contributed by atoms with van der Waals surface area (Å²) in [6.07, 6.45) is 4.91. The van der Waals surface area contributed by atoms with Crippen molar-refractivity contribution >= 4 is 35.1 Å². The second kappa shape index (κ2) is 9.45. The van der Waals surface area contributed by atoms with Crippen LogP contribution in [0.2, 0.25) is 0 Å². The highest BCUT2D eigenvalue weighted by molar-refractivity contribution is 6.07. The number of carbonyl (C=O) groups excluding carboxylic acids is 2. The highest BCUT2D eigenvalue weighted by atomic mass is 16.4. The molecule has 0 bridgehead atoms. The van der Waals surface area contributed by atoms with Gasteiger partial charge in [0.05, 0.1) is 17.6 Å². The van der Waals surface area contributed by atoms with Crippen LogP contribution in [0.3, 0.4) is 0 Å². The number of nitrogens with zero attached hydrogens (tertiary/aromatic N) is 5. The third-order valence-electron chi connectivity index (χ3n) is 5.73. The largest absolute Gasteiger partial charge is 0.465 e. The van der Waals surface area contributed by atoms with E-state index in [1.165, 1.54) is 28.0 Å². The van der Waals surface area contributed by atoms with E-state index >= 15 is 0 Å². The first-order valence-corrected chi connectivity index (χ1v) is 11.3. The third-order valence-corrected chi connectivity index (χ3v) is 5.73. The number of primary amides is 1. The maximum absolute atomic E-state index is 12.9. The number of hydrogen-bond donors (Lipinski definition) is 4. The minimum Gasteiger partial charge on any atom is -0.465 e. The topological polar surface area (TPSA) is 195 Å². The summed E-state index contributed by atoms with van der Waals surface area (Å²) in [6, 6.07) is 9.86. The molecule has 0 unspecified atom stereocenters. The number of nitrogens with one attached hydrogen (secondary N) is 1. The maximum Gasteiger partial charge on any atom is 0.413 e. The number of oxazole rings is 1. The Balaban J connectivity index is 1.36. The molecule has 1 saturated carbocycles. The average molecular weight is 502 g/mol. The Bertz CT molecular complexity index is 1490. The number of aromatic nitrogens is 4. The van der Waals surface area contributed by atoms with Crippen molar-refractivity contribution in [2.75, 3.05) is 22.5 Å². The normalized spacial score (nSPS) is 12.8. The average Bonchev–Trinajstić information content (AvgIpc) is 3.38. The molecule has 6 N–H and O–H groups in total. The van der Waals surface area contributed by atoms with Crippen molar-refractivity contribution < 1.29 is 23.9 Å². The Morgan fingerprint density at radius 1 is 1.19 bits per heavy atom. The van der Waals surface area contributed by atoms with Crippen molar-refractivity contribution in [1.29, 1.82) is 0 Å². The van der Waals surface area contributed by atoms with Gasteiger partial charge in [0, 0.05) is 24.0 Å². The predicted octanol–water partition coefficient (Wildman–Crippen LogP) is 2.75. The molecule has 0 spiro atoms. The first kappa shape index (κ1) is 23.5. The number of rotatable bonds is 8. The number of nitrogen functional groups attached to an aromatic ring is 1. The number of anilines is 3. The number of carbonyl (C=O) groups is 3. The summed E-state index contributed by atoms with van der Waals surface area (Å²) < 4.78 is 6.86. The fourth-order valence-electron chi connectivity index (χ4n) is 3.63. The number of pyridine rings is 1. The zero-order valence-electron chi connectivity index (χ0n) is 19.4. The quantitative estimate of drug-likeness (QED) is 0.262. The van der Waals surface area contributed by atoms with Crippen molar-refractivity contribution in [3.8, 4) is 17.1 Å². The van der Waals surface area contributed by atoms with E-state index in [0.29, 0.717) is 29.4 Å². The number of carboxylic acid groups (broad SMARTS) is 1. The molecule has 1 aliphatic rings. The molecular weight excluding hydrogens is 480 g/mol. The Kier molecular flexibility index (Phi) is 6.01. The van der Waals surface area contributed by atoms with E-state index in [0.717, 1.165) is 19.1 Å². The van der Waals surface area contributed by atoms with Crippen LogP contribution in [0.5, 0.6) is 0 Å². The molecule has 4 aromatic rings. The number of nitrogens with two attached hydrogens (primary N) is 2. The van der Waals surface area contributed by atoms with Crippen LogP contribution in [0.25, 0.3) is 17.1 Å². The second-order valence-corrected chi connectivity index (χ2v) is 8.52. The summed E-state index contributed by atoms with van der Waals surface area (Å²) in [7, 11) is 0. The Labute approximate surface area is 209 Å². The van der Waals surface area contributed by atoms with Gasteiger partial charge in [-0.05, 0) is 55.2 Å². The molecule has 1 aromatic carbocycles. The van der Waals surface area contributed by atoms with E-state index in [2.05, 4.69) is 20.4 Å². The summed E-state index contributed by atoms with van der Waals surface area (Å²) in [5.41, 5.74) is 12.6. The fraction of sp³-hybridized carbons (Fsp3) is 0.167. The molecule has 13 nitrogen and oxygen atoms in total. The lowest BCUT2D eigenvalue weighted by atomic mass is 10.2. The smallest absolute Gasteiger partial charge is 0.413 e. The first-order chi connectivity index (χ1) is 17.8. The Hall–Kier alpha value is -5.20. The SMILES string of the molecule is NC(=O)c1nn(-c2ccc(N)cc2)cc1NC(=O)c1coc(-c2ccnc(N(CC3CC3)C(=O)O)c2)n1. The van der Waals surface area contributed by atoms with Crippen LogP contribution in [-0.4, -0.2) is 49.3 Å². The van der Waals surface area contributed by atoms with Crippen molar-refractivity contribution in [2.24, 2.45) is 11.7 Å². The maximum atomic E-state index is 12.9. The van der Waals surface area contributed by atoms with Crippen LogP contribution in [0, 0.1) is 5.92 Å². The molecule has 0 atom stereocenters. The molecule has 3 heterocycles. The fourth-order valence-corrected chi connectivity index (χ4v) is 3.63. The van der Waals surface area contributed by atoms with Gasteiger partial charge in [0.2, 0.25) is 5.89 Å². The van der Waals surface area contributed by atoms with Crippen LogP contribution >= 0.6 is 0 Å². The second-order valence-electron chi connectivity index (χ2n) is 8.52. The van der Waals surface area contributed by atoms with Gasteiger partial charge >= 0.3 is 6.09 Å². The monoisotopic (exact) mass is 502 g/mol. The van der Waals surface area contributed by atoms with Gasteiger partial charge in [-0.3, -0.25) is 14.5 Å². The highest BCUT2D eigenvalue weighted by Crippen LogP contribution is 2.32. The van der Waals surface area contributed by atoms with E-state index in [9.17, 15) is 19.5 Å². The van der Waals surface area contributed by atoms with Crippen molar-refractivity contribution in [1.82, 2.24) is 19.7 Å². The van der Waals surface area contributed by atoms with Crippen LogP contribution in [0.15, 0.2) is 59.5 Å². The zero-order chi connectivity index (χ0) is 26.1. The number of hydrogen-bond acceptors (Lipinski definition) is 8. The molecule has 13 heteroatoms. The van der Waals surface area contributed by atoms with Gasteiger partial charge in [-0.1, -0.05) is 0 Å². The standard InChI is InChI=1S/C24H22N8O5/c25-15-3-5-16(6-4-15)32-11-17(20(30-32)21(26)33)28-22(34)18-12-37-23(29-18)14-7-8-27-19(9-14)31(24(35)36)10-13-1-2-13/h3-9,11-13H,1-2,10,25H2,(H2,26,33)(H,28,34)(H,35,36). The lowest BCUT2D eigenvalue weighted by Gasteiger charge is -2.18. The minimum absolute atomic E-state index is 0.0721. The number of amides is 3. The van der Waals surface area contributed by atoms with Crippen molar-refractivity contribution in [3.63, 3.8) is 0 Å². The summed E-state index contributed by atoms with van der Waals surface area (Å²) in [4.78, 5) is 46.1. The van der Waals surface area contributed by atoms with Crippen molar-refractivity contribution in [2.45, 2.75) is 12.8 Å². The van der Waals surface area contributed by atoms with Crippen LogP contribution in [0.4, 0.5) is 22.0 Å². The van der Waals surface area contributed by atoms with Gasteiger partial charge in [-0.2, -0.15) is 5.10 Å². The summed E-state index contributed by atoms with van der Waals surface area (Å²) in [5, 5.41) is 16.3. The first-order valence-electron chi connectivity index (χ1n) is 11.3. The predicted molar refractivity (Wildman–Crippen MR) is 132 cm³/mol. The lowest BCUT2D eigenvalue weighted by molar-refractivity contribution is 0.0996. The third kappa shape index (κ3) is 5.10. The van der Waals surface area contributed by atoms with E-state index < -0.39 is 17.9 Å². The molecular formula is C24H22N8O5. The van der Waals surface area contributed by atoms with E-state index in [-0.39, 0.29) is 28.8 Å². The summed E-state index contributed by atoms with van der Waals surface area (Å²) >= 11 is 0. The van der Waals surface area contributed by atoms with Crippen LogP contribution < -0.4 is 21.7 Å². The van der Waals surface area contributed by atoms with Gasteiger partial charge in [0.25, 0.3) is 11.8 Å². The lowest BCUT2D eigenvalue weighted by Crippen LogP contribution is -2.32. The van der Waals surface area contributed by atoms with Gasteiger partial charge in [-0.15, -0.1) is 0 Å². The van der Waals surface area contributed by atoms with Crippen LogP contribution in [0.1, 0.15) is 33.8 Å². The number of benzene rings is 1. The molecule has 0 aliphatic heterocycles. The molecule has 188 valence electrons. The van der Waals surface area contributed by atoms with Gasteiger partial charge in [0.1, 0.15) is 12.1 Å². The Morgan fingerprint density at radius 2 is 1.95 bits per heavy atom. The highest BCUT2D eigenvalue weighted by Gasteiger charge is 2.28. The van der Waals surface area contributed by atoms with Crippen LogP contribution in [-0.2, 0) is 0 Å².